The molecule has 4 aliphatic heterocycles. The number of benzene rings is 2. The fourth-order valence-electron chi connectivity index (χ4n) is 8.09. The van der Waals surface area contributed by atoms with E-state index in [1.54, 1.807) is 12.1 Å². The van der Waals surface area contributed by atoms with Crippen LogP contribution in [0.25, 0.3) is 21.8 Å². The van der Waals surface area contributed by atoms with E-state index in [1.807, 2.05) is 17.0 Å². The van der Waals surface area contributed by atoms with Crippen LogP contribution in [-0.2, 0) is 9.47 Å². The number of ether oxygens (including phenoxy) is 2. The van der Waals surface area contributed by atoms with E-state index in [2.05, 4.69) is 30.3 Å². The SMILES string of the molecule is Nc1c(N2CCOCC2)nc2cc(Cl)c(Cl)cc2c1NCCN1CCCCC1.O=[N+]([O-])c1c(N2CCOCC2)nc2cc(Cl)c(Cl)cc2c1NCCN1CCCCC1.[HH]. The summed E-state index contributed by atoms with van der Waals surface area (Å²) in [5, 5.41) is 22.3. The largest absolute Gasteiger partial charge is 0.394 e. The third kappa shape index (κ3) is 10.3. The normalized spacial score (nSPS) is 18.3. The van der Waals surface area contributed by atoms with Crippen molar-refractivity contribution < 1.29 is 15.8 Å². The van der Waals surface area contributed by atoms with E-state index < -0.39 is 0 Å². The van der Waals surface area contributed by atoms with Gasteiger partial charge in [-0.05, 0) is 76.1 Å². The first-order chi connectivity index (χ1) is 28.2. The van der Waals surface area contributed by atoms with Crippen LogP contribution in [0.1, 0.15) is 40.0 Å². The summed E-state index contributed by atoms with van der Waals surface area (Å²) in [6.45, 7) is 12.8. The number of nitrogen functional groups attached to an aromatic ring is 1. The number of fused-ring (bicyclic) bond motifs is 2. The molecule has 8 rings (SSSR count). The van der Waals surface area contributed by atoms with Gasteiger partial charge in [-0.2, -0.15) is 0 Å². The second-order valence-corrected chi connectivity index (χ2v) is 16.7. The van der Waals surface area contributed by atoms with E-state index >= 15 is 0 Å². The monoisotopic (exact) mass is 878 g/mol. The van der Waals surface area contributed by atoms with Gasteiger partial charge in [-0.3, -0.25) is 10.1 Å². The molecule has 0 aliphatic carbocycles. The molecule has 0 bridgehead atoms. The van der Waals surface area contributed by atoms with Crippen molar-refractivity contribution in [3.05, 3.63) is 54.5 Å². The van der Waals surface area contributed by atoms with E-state index in [9.17, 15) is 10.1 Å². The lowest BCUT2D eigenvalue weighted by Crippen LogP contribution is -2.37. The highest BCUT2D eigenvalue weighted by molar-refractivity contribution is 6.43. The summed E-state index contributed by atoms with van der Waals surface area (Å²) >= 11 is 25.0. The molecule has 4 saturated heterocycles. The minimum Gasteiger partial charge on any atom is -0.394 e. The average Bonchev–Trinajstić information content (AvgIpc) is 3.24. The van der Waals surface area contributed by atoms with Crippen LogP contribution in [0.4, 0.5) is 34.4 Å². The summed E-state index contributed by atoms with van der Waals surface area (Å²) in [5.41, 5.74) is 9.94. The molecule has 0 spiro atoms. The average molecular weight is 881 g/mol. The van der Waals surface area contributed by atoms with E-state index in [1.165, 1.54) is 51.6 Å². The topological polar surface area (TPSA) is 150 Å². The van der Waals surface area contributed by atoms with Gasteiger partial charge in [-0.25, -0.2) is 9.97 Å². The van der Waals surface area contributed by atoms with Crippen molar-refractivity contribution >= 4 is 103 Å². The van der Waals surface area contributed by atoms with Crippen LogP contribution in [0.3, 0.4) is 0 Å². The molecule has 58 heavy (non-hydrogen) atoms. The second kappa shape index (κ2) is 20.3. The molecule has 2 aromatic heterocycles. The number of nitrogens with zero attached hydrogens (tertiary/aromatic N) is 7. The summed E-state index contributed by atoms with van der Waals surface area (Å²) in [7, 11) is 0. The predicted molar refractivity (Wildman–Crippen MR) is 240 cm³/mol. The first kappa shape index (κ1) is 42.8. The number of nitrogens with one attached hydrogen (secondary N) is 2. The van der Waals surface area contributed by atoms with E-state index in [-0.39, 0.29) is 12.0 Å². The molecule has 0 radical (unpaired) electrons. The van der Waals surface area contributed by atoms with Crippen LogP contribution < -0.4 is 26.2 Å². The van der Waals surface area contributed by atoms with Gasteiger partial charge in [-0.1, -0.05) is 59.2 Å². The Bertz CT molecular complexity index is 2060. The zero-order valence-electron chi connectivity index (χ0n) is 32.7. The van der Waals surface area contributed by atoms with Crippen molar-refractivity contribution in [2.45, 2.75) is 38.5 Å². The maximum absolute atomic E-state index is 12.1. The molecular weight excluding hydrogens is 826 g/mol. The van der Waals surface area contributed by atoms with E-state index in [4.69, 9.17) is 66.6 Å². The Morgan fingerprint density at radius 3 is 1.53 bits per heavy atom. The van der Waals surface area contributed by atoms with E-state index in [0.29, 0.717) is 94.2 Å². The minimum absolute atomic E-state index is 0. The van der Waals surface area contributed by atoms with Gasteiger partial charge in [0.15, 0.2) is 5.82 Å². The molecule has 0 amide bonds. The Morgan fingerprint density at radius 1 is 0.638 bits per heavy atom. The number of hydrogen-bond donors (Lipinski definition) is 3. The third-order valence-corrected chi connectivity index (χ3v) is 12.6. The first-order valence-electron chi connectivity index (χ1n) is 20.3. The van der Waals surface area contributed by atoms with Crippen molar-refractivity contribution in [1.29, 1.82) is 0 Å². The molecule has 4 fully saturated rings. The Morgan fingerprint density at radius 2 is 1.05 bits per heavy atom. The predicted octanol–water partition coefficient (Wildman–Crippen LogP) is 8.29. The molecule has 316 valence electrons. The van der Waals surface area contributed by atoms with Crippen LogP contribution in [0.2, 0.25) is 20.1 Å². The molecule has 0 saturated carbocycles. The van der Waals surface area contributed by atoms with Gasteiger partial charge in [0.1, 0.15) is 5.69 Å². The fourth-order valence-corrected chi connectivity index (χ4v) is 8.74. The van der Waals surface area contributed by atoms with Gasteiger partial charge >= 0.3 is 5.69 Å². The highest BCUT2D eigenvalue weighted by atomic mass is 35.5. The van der Waals surface area contributed by atoms with Crippen LogP contribution in [0, 0.1) is 10.1 Å². The number of likely N-dealkylation sites (tertiary alicyclic amines) is 2. The summed E-state index contributed by atoms with van der Waals surface area (Å²) in [4.78, 5) is 30.2. The smallest absolute Gasteiger partial charge is 0.335 e. The molecule has 0 unspecified atom stereocenters. The molecule has 0 atom stereocenters. The highest BCUT2D eigenvalue weighted by Gasteiger charge is 2.30. The summed E-state index contributed by atoms with van der Waals surface area (Å²) in [5.74, 6) is 1.13. The van der Waals surface area contributed by atoms with Gasteiger partial charge < -0.3 is 45.4 Å². The van der Waals surface area contributed by atoms with Crippen molar-refractivity contribution in [1.82, 2.24) is 19.8 Å². The lowest BCUT2D eigenvalue weighted by Gasteiger charge is -2.30. The maximum Gasteiger partial charge on any atom is 0.335 e. The van der Waals surface area contributed by atoms with Crippen molar-refractivity contribution in [3.63, 3.8) is 0 Å². The van der Waals surface area contributed by atoms with Gasteiger partial charge in [0.05, 0.1) is 73.8 Å². The Kier molecular flexibility index (Phi) is 15.0. The van der Waals surface area contributed by atoms with Gasteiger partial charge in [-0.15, -0.1) is 0 Å². The third-order valence-electron chi connectivity index (χ3n) is 11.2. The lowest BCUT2D eigenvalue weighted by molar-refractivity contribution is -0.383. The number of piperidine rings is 2. The number of halogens is 4. The number of rotatable bonds is 11. The molecule has 4 aliphatic rings. The summed E-state index contributed by atoms with van der Waals surface area (Å²) < 4.78 is 10.9. The molecule has 4 aromatic rings. The van der Waals surface area contributed by atoms with Crippen LogP contribution >= 0.6 is 46.4 Å². The van der Waals surface area contributed by atoms with E-state index in [0.717, 1.165) is 68.2 Å². The van der Waals surface area contributed by atoms with Crippen molar-refractivity contribution in [2.24, 2.45) is 0 Å². The maximum atomic E-state index is 12.1. The van der Waals surface area contributed by atoms with Crippen molar-refractivity contribution in [2.75, 3.05) is 131 Å². The first-order valence-corrected chi connectivity index (χ1v) is 21.8. The zero-order chi connectivity index (χ0) is 40.6. The Labute approximate surface area is 360 Å². The highest BCUT2D eigenvalue weighted by Crippen LogP contribution is 2.42. The Hall–Kier alpha value is -3.34. The number of hydrogen-bond acceptors (Lipinski definition) is 13. The number of pyridine rings is 2. The molecule has 2 aromatic carbocycles. The minimum atomic E-state index is -0.358. The molecule has 18 heteroatoms. The molecule has 4 N–H and O–H groups in total. The van der Waals surface area contributed by atoms with Crippen LogP contribution in [-0.4, -0.2) is 130 Å². The molecule has 14 nitrogen and oxygen atoms in total. The van der Waals surface area contributed by atoms with Crippen LogP contribution in [0.5, 0.6) is 0 Å². The molecule has 6 heterocycles. The quantitative estimate of drug-likeness (QED) is 0.0981. The summed E-state index contributed by atoms with van der Waals surface area (Å²) in [6.07, 6.45) is 7.59. The standard InChI is InChI=1S/C20H25Cl2N5O3.C20H27Cl2N5O.H2/c21-15-12-14-17(13-16(15)22)24-20(26-8-10-30-11-9-26)19(27(28)29)18(14)23-4-7-25-5-2-1-3-6-25;21-15-12-14-17(13-16(15)22)25-20(27-8-10-28-11-9-27)18(23)19(14)24-4-7-26-5-2-1-3-6-26;/h12-13H,1-11H2,(H,23,24);12-13H,1-11,23H2,(H,24,25);1H. The second-order valence-electron chi connectivity index (χ2n) is 15.1. The van der Waals surface area contributed by atoms with Gasteiger partial charge in [0, 0.05) is 64.6 Å². The molecular formula is C40H54Cl4N10O4. The van der Waals surface area contributed by atoms with Gasteiger partial charge in [0.25, 0.3) is 0 Å². The number of nitro groups is 1. The zero-order valence-corrected chi connectivity index (χ0v) is 35.7. The Balaban J connectivity index is 0.000000195. The number of anilines is 5. The van der Waals surface area contributed by atoms with Gasteiger partial charge in [0.2, 0.25) is 5.82 Å². The lowest BCUT2D eigenvalue weighted by atomic mass is 10.1. The summed E-state index contributed by atoms with van der Waals surface area (Å²) in [6, 6.07) is 7.00. The number of aromatic nitrogens is 2. The van der Waals surface area contributed by atoms with Crippen LogP contribution in [0.15, 0.2) is 24.3 Å². The number of morpholine rings is 2. The fraction of sp³-hybridized carbons (Fsp3) is 0.550. The number of nitrogens with two attached hydrogens (primary N) is 1. The van der Waals surface area contributed by atoms with Crippen molar-refractivity contribution in [3.8, 4) is 0 Å².